The first kappa shape index (κ1) is 24.4. The molecule has 0 saturated carbocycles. The summed E-state index contributed by atoms with van der Waals surface area (Å²) in [6.07, 6.45) is 18.2. The zero-order valence-electron chi connectivity index (χ0n) is 16.0. The summed E-state index contributed by atoms with van der Waals surface area (Å²) in [7, 11) is 0. The van der Waals surface area contributed by atoms with Gasteiger partial charge in [-0.2, -0.15) is 0 Å². The smallest absolute Gasteiger partial charge is 0.246 e. The van der Waals surface area contributed by atoms with Gasteiger partial charge in [0.25, 0.3) is 0 Å². The summed E-state index contributed by atoms with van der Waals surface area (Å²) >= 11 is 0. The van der Waals surface area contributed by atoms with Crippen molar-refractivity contribution in [2.24, 2.45) is 0 Å². The van der Waals surface area contributed by atoms with Crippen LogP contribution in [0.5, 0.6) is 0 Å². The quantitative estimate of drug-likeness (QED) is 0.115. The lowest BCUT2D eigenvalue weighted by Crippen LogP contribution is -1.98. The van der Waals surface area contributed by atoms with Crippen molar-refractivity contribution in [3.63, 3.8) is 0 Å². The lowest BCUT2D eigenvalue weighted by atomic mass is 10.1. The molecule has 0 atom stereocenters. The first-order chi connectivity index (χ1) is 13.0. The summed E-state index contributed by atoms with van der Waals surface area (Å²) in [5, 5.41) is 21.9. The van der Waals surface area contributed by atoms with Gasteiger partial charge < -0.3 is 4.79 Å². The summed E-state index contributed by atoms with van der Waals surface area (Å²) < 4.78 is 0. The third kappa shape index (κ3) is 14.3. The molecular formula is C20H30N2O5. The van der Waals surface area contributed by atoms with Crippen LogP contribution in [0.4, 0.5) is 0 Å². The zero-order valence-corrected chi connectivity index (χ0v) is 16.0. The predicted molar refractivity (Wildman–Crippen MR) is 106 cm³/mol. The van der Waals surface area contributed by atoms with Gasteiger partial charge in [0.15, 0.2) is 0 Å². The van der Waals surface area contributed by atoms with Crippen molar-refractivity contribution < 1.29 is 14.6 Å². The molecule has 7 nitrogen and oxygen atoms in total. The van der Waals surface area contributed by atoms with Crippen molar-refractivity contribution in [1.82, 2.24) is 0 Å². The second-order valence-corrected chi connectivity index (χ2v) is 6.06. The van der Waals surface area contributed by atoms with Gasteiger partial charge in [-0.1, -0.05) is 44.1 Å². The van der Waals surface area contributed by atoms with Crippen LogP contribution in [0.1, 0.15) is 71.1 Å². The number of allylic oxidation sites excluding steroid dienone is 6. The van der Waals surface area contributed by atoms with E-state index in [1.807, 2.05) is 19.1 Å². The van der Waals surface area contributed by atoms with Gasteiger partial charge in [-0.05, 0) is 44.3 Å². The zero-order chi connectivity index (χ0) is 20.3. The second kappa shape index (κ2) is 16.9. The lowest BCUT2D eigenvalue weighted by Gasteiger charge is -1.96. The molecule has 0 fully saturated rings. The Labute approximate surface area is 160 Å². The number of carbonyl (C=O) groups excluding carboxylic acids is 1. The molecule has 7 heteroatoms. The predicted octanol–water partition coefficient (Wildman–Crippen LogP) is 5.54. The van der Waals surface area contributed by atoms with Gasteiger partial charge in [0.05, 0.1) is 22.7 Å². The number of carbonyl (C=O) groups is 1. The highest BCUT2D eigenvalue weighted by atomic mass is 16.6. The van der Waals surface area contributed by atoms with Crippen LogP contribution in [0.15, 0.2) is 47.9 Å². The number of unbranched alkanes of at least 4 members (excludes halogenated alkanes) is 5. The van der Waals surface area contributed by atoms with E-state index in [1.165, 1.54) is 0 Å². The number of nitro groups is 2. The first-order valence-electron chi connectivity index (χ1n) is 9.43. The van der Waals surface area contributed by atoms with Crippen LogP contribution in [-0.4, -0.2) is 16.1 Å². The van der Waals surface area contributed by atoms with Crippen LogP contribution in [0, 0.1) is 20.2 Å². The molecule has 0 heterocycles. The summed E-state index contributed by atoms with van der Waals surface area (Å²) in [5.74, 6) is 0. The Hall–Kier alpha value is -2.57. The maximum atomic E-state index is 11.1. The molecule has 0 spiro atoms. The van der Waals surface area contributed by atoms with Crippen LogP contribution >= 0.6 is 0 Å². The van der Waals surface area contributed by atoms with E-state index in [4.69, 9.17) is 0 Å². The SMILES string of the molecule is CC/C=C(\C/C=C\C/C(=C\C/C=C\CCCCCCC=O)[N+](=O)[O-])[N+](=O)[O-]. The molecule has 27 heavy (non-hydrogen) atoms. The summed E-state index contributed by atoms with van der Waals surface area (Å²) in [6.45, 7) is 1.82. The van der Waals surface area contributed by atoms with Gasteiger partial charge >= 0.3 is 0 Å². The van der Waals surface area contributed by atoms with Crippen LogP contribution < -0.4 is 0 Å². The van der Waals surface area contributed by atoms with Crippen LogP contribution in [0.3, 0.4) is 0 Å². The fourth-order valence-electron chi connectivity index (χ4n) is 2.37. The van der Waals surface area contributed by atoms with Gasteiger partial charge in [0.2, 0.25) is 11.4 Å². The summed E-state index contributed by atoms with van der Waals surface area (Å²) in [4.78, 5) is 31.2. The monoisotopic (exact) mass is 378 g/mol. The molecule has 0 aliphatic carbocycles. The standard InChI is InChI=1S/C20H30N2O5/c1-2-14-19(21(24)25)16-11-12-17-20(22(26)27)15-10-8-6-4-3-5-7-9-13-18-23/h6,8,11-12,14-15,18H,2-5,7,9-10,13,16-17H2,1H3/b8-6-,12-11-,19-14+,20-15+. The molecule has 0 N–H and O–H groups in total. The number of rotatable bonds is 16. The molecular weight excluding hydrogens is 348 g/mol. The van der Waals surface area contributed by atoms with E-state index in [0.29, 0.717) is 19.3 Å². The largest absolute Gasteiger partial charge is 0.303 e. The molecule has 0 amide bonds. The Morgan fingerprint density at radius 2 is 1.33 bits per heavy atom. The Balaban J connectivity index is 4.24. The van der Waals surface area contributed by atoms with E-state index in [2.05, 4.69) is 0 Å². The third-order valence-electron chi connectivity index (χ3n) is 3.83. The number of aldehydes is 1. The van der Waals surface area contributed by atoms with Crippen molar-refractivity contribution in [3.05, 3.63) is 68.1 Å². The average Bonchev–Trinajstić information content (AvgIpc) is 2.63. The molecule has 0 aromatic rings. The molecule has 0 radical (unpaired) electrons. The molecule has 0 aliphatic rings. The number of hydrogen-bond acceptors (Lipinski definition) is 5. The van der Waals surface area contributed by atoms with E-state index >= 15 is 0 Å². The van der Waals surface area contributed by atoms with Crippen LogP contribution in [0.2, 0.25) is 0 Å². The third-order valence-corrected chi connectivity index (χ3v) is 3.83. The van der Waals surface area contributed by atoms with Gasteiger partial charge in [0, 0.05) is 6.42 Å². The number of nitrogens with zero attached hydrogens (tertiary/aromatic N) is 2. The van der Waals surface area contributed by atoms with E-state index in [9.17, 15) is 25.0 Å². The Kier molecular flexibility index (Phi) is 15.3. The Bertz CT molecular complexity index is 577. The summed E-state index contributed by atoms with van der Waals surface area (Å²) in [6, 6.07) is 0. The van der Waals surface area contributed by atoms with Gasteiger partial charge in [0.1, 0.15) is 6.29 Å². The maximum absolute atomic E-state index is 11.1. The molecule has 0 rings (SSSR count). The van der Waals surface area contributed by atoms with Crippen LogP contribution in [-0.2, 0) is 4.79 Å². The summed E-state index contributed by atoms with van der Waals surface area (Å²) in [5.41, 5.74) is 0.196. The minimum Gasteiger partial charge on any atom is -0.303 e. The Morgan fingerprint density at radius 1 is 0.778 bits per heavy atom. The molecule has 0 aromatic heterocycles. The number of hydrogen-bond donors (Lipinski definition) is 0. The van der Waals surface area contributed by atoms with Crippen molar-refractivity contribution in [2.75, 3.05) is 0 Å². The Morgan fingerprint density at radius 3 is 1.85 bits per heavy atom. The fourth-order valence-corrected chi connectivity index (χ4v) is 2.37. The lowest BCUT2D eigenvalue weighted by molar-refractivity contribution is -0.427. The average molecular weight is 378 g/mol. The van der Waals surface area contributed by atoms with Crippen molar-refractivity contribution >= 4 is 6.29 Å². The van der Waals surface area contributed by atoms with Gasteiger partial charge in [-0.25, -0.2) is 0 Å². The highest BCUT2D eigenvalue weighted by Crippen LogP contribution is 2.10. The molecule has 0 unspecified atom stereocenters. The topological polar surface area (TPSA) is 103 Å². The van der Waals surface area contributed by atoms with E-state index in [1.54, 1.807) is 24.3 Å². The fraction of sp³-hybridized carbons (Fsp3) is 0.550. The van der Waals surface area contributed by atoms with E-state index in [0.717, 1.165) is 38.4 Å². The molecule has 150 valence electrons. The highest BCUT2D eigenvalue weighted by molar-refractivity contribution is 5.48. The molecule has 0 aromatic carbocycles. The van der Waals surface area contributed by atoms with Crippen LogP contribution in [0.25, 0.3) is 0 Å². The highest BCUT2D eigenvalue weighted by Gasteiger charge is 2.09. The second-order valence-electron chi connectivity index (χ2n) is 6.06. The molecule has 0 aliphatic heterocycles. The van der Waals surface area contributed by atoms with Gasteiger partial charge in [-0.15, -0.1) is 0 Å². The first-order valence-corrected chi connectivity index (χ1v) is 9.43. The normalized spacial score (nSPS) is 12.8. The minimum absolute atomic E-state index is 0.0897. The van der Waals surface area contributed by atoms with Gasteiger partial charge in [-0.3, -0.25) is 20.2 Å². The molecule has 0 saturated heterocycles. The van der Waals surface area contributed by atoms with E-state index in [-0.39, 0.29) is 24.2 Å². The minimum atomic E-state index is -0.425. The van der Waals surface area contributed by atoms with Crippen molar-refractivity contribution in [3.8, 4) is 0 Å². The maximum Gasteiger partial charge on any atom is 0.246 e. The van der Waals surface area contributed by atoms with Crippen molar-refractivity contribution in [2.45, 2.75) is 71.1 Å². The molecule has 0 bridgehead atoms. The van der Waals surface area contributed by atoms with E-state index < -0.39 is 9.85 Å². The van der Waals surface area contributed by atoms with Crippen molar-refractivity contribution in [1.29, 1.82) is 0 Å².